The van der Waals surface area contributed by atoms with Gasteiger partial charge < -0.3 is 25.4 Å². The summed E-state index contributed by atoms with van der Waals surface area (Å²) in [5.74, 6) is -0.156. The van der Waals surface area contributed by atoms with Crippen molar-refractivity contribution in [1.29, 1.82) is 0 Å². The molecule has 4 N–H and O–H groups in total. The fraction of sp³-hybridized carbons (Fsp3) is 0.235. The Kier molecular flexibility index (Phi) is 7.80. The molecule has 0 fully saturated rings. The molecule has 5 aromatic rings. The molecular weight excluding hydrogens is 512 g/mol. The van der Waals surface area contributed by atoms with Crippen molar-refractivity contribution >= 4 is 33.9 Å². The summed E-state index contributed by atoms with van der Waals surface area (Å²) in [6, 6.07) is 25.3. The molecule has 7 nitrogen and oxygen atoms in total. The Morgan fingerprint density at radius 2 is 1.61 bits per heavy atom. The Morgan fingerprint density at radius 1 is 0.854 bits per heavy atom. The van der Waals surface area contributed by atoms with Gasteiger partial charge in [-0.25, -0.2) is 0 Å². The van der Waals surface area contributed by atoms with Crippen LogP contribution in [0.5, 0.6) is 0 Å². The highest BCUT2D eigenvalue weighted by Gasteiger charge is 2.24. The zero-order valence-electron chi connectivity index (χ0n) is 22.9. The van der Waals surface area contributed by atoms with Crippen LogP contribution in [-0.4, -0.2) is 25.7 Å². The SMILES string of the molecule is O=C(Nc1ccc(CCCc2c(CO)c(CO)c3n2CCC3)cc1)c1ccc(Nc2ccnc3ccccc23)cc1. The van der Waals surface area contributed by atoms with E-state index in [0.717, 1.165) is 77.7 Å². The molecule has 0 saturated heterocycles. The number of amides is 1. The number of aliphatic hydroxyl groups excluding tert-OH is 2. The molecule has 0 saturated carbocycles. The van der Waals surface area contributed by atoms with Gasteiger partial charge in [-0.1, -0.05) is 30.3 Å². The van der Waals surface area contributed by atoms with Crippen LogP contribution in [0.25, 0.3) is 10.9 Å². The second-order valence-electron chi connectivity index (χ2n) is 10.5. The van der Waals surface area contributed by atoms with Gasteiger partial charge in [-0.2, -0.15) is 0 Å². The van der Waals surface area contributed by atoms with E-state index < -0.39 is 0 Å². The number of hydrogen-bond acceptors (Lipinski definition) is 5. The number of benzene rings is 3. The number of nitrogens with zero attached hydrogens (tertiary/aromatic N) is 2. The number of para-hydroxylation sites is 1. The molecule has 1 amide bonds. The Morgan fingerprint density at radius 3 is 2.39 bits per heavy atom. The largest absolute Gasteiger partial charge is 0.392 e. The fourth-order valence-corrected chi connectivity index (χ4v) is 5.94. The molecule has 1 aliphatic heterocycles. The van der Waals surface area contributed by atoms with Crippen molar-refractivity contribution in [3.8, 4) is 0 Å². The molecule has 0 unspecified atom stereocenters. The number of carbonyl (C=O) groups is 1. The number of fused-ring (bicyclic) bond motifs is 2. The summed E-state index contributed by atoms with van der Waals surface area (Å²) in [5.41, 5.74) is 9.52. The lowest BCUT2D eigenvalue weighted by Gasteiger charge is -2.11. The van der Waals surface area contributed by atoms with E-state index in [1.807, 2.05) is 66.7 Å². The van der Waals surface area contributed by atoms with Crippen LogP contribution < -0.4 is 10.6 Å². The molecule has 0 spiro atoms. The summed E-state index contributed by atoms with van der Waals surface area (Å²) >= 11 is 0. The number of pyridine rings is 1. The smallest absolute Gasteiger partial charge is 0.255 e. The number of rotatable bonds is 10. The Hall–Kier alpha value is -4.46. The summed E-state index contributed by atoms with van der Waals surface area (Å²) in [5, 5.41) is 27.2. The first kappa shape index (κ1) is 26.7. The Balaban J connectivity index is 1.04. The predicted octanol–water partition coefficient (Wildman–Crippen LogP) is 6.14. The number of carbonyl (C=O) groups excluding carboxylic acids is 1. The van der Waals surface area contributed by atoms with E-state index in [2.05, 4.69) is 32.3 Å². The number of nitrogens with one attached hydrogen (secondary N) is 2. The lowest BCUT2D eigenvalue weighted by atomic mass is 10.0. The summed E-state index contributed by atoms with van der Waals surface area (Å²) in [6.45, 7) is 0.927. The van der Waals surface area contributed by atoms with E-state index in [9.17, 15) is 15.0 Å². The van der Waals surface area contributed by atoms with Crippen molar-refractivity contribution in [3.05, 3.63) is 119 Å². The van der Waals surface area contributed by atoms with E-state index in [1.54, 1.807) is 6.20 Å². The van der Waals surface area contributed by atoms with Crippen molar-refractivity contribution in [2.45, 2.75) is 51.9 Å². The summed E-state index contributed by atoms with van der Waals surface area (Å²) in [6.07, 6.45) is 6.56. The van der Waals surface area contributed by atoms with E-state index in [4.69, 9.17) is 0 Å². The van der Waals surface area contributed by atoms with Gasteiger partial charge in [0.15, 0.2) is 0 Å². The molecule has 0 radical (unpaired) electrons. The molecule has 41 heavy (non-hydrogen) atoms. The molecule has 3 heterocycles. The van der Waals surface area contributed by atoms with E-state index in [1.165, 1.54) is 17.0 Å². The maximum absolute atomic E-state index is 12.9. The van der Waals surface area contributed by atoms with Crippen molar-refractivity contribution in [1.82, 2.24) is 9.55 Å². The van der Waals surface area contributed by atoms with Crippen LogP contribution >= 0.6 is 0 Å². The first-order valence-corrected chi connectivity index (χ1v) is 14.2. The molecule has 208 valence electrons. The van der Waals surface area contributed by atoms with Gasteiger partial charge in [-0.05, 0) is 86.2 Å². The average Bonchev–Trinajstić information content (AvgIpc) is 3.59. The van der Waals surface area contributed by atoms with Gasteiger partial charge in [-0.3, -0.25) is 9.78 Å². The molecule has 2 aromatic heterocycles. The van der Waals surface area contributed by atoms with Gasteiger partial charge in [-0.15, -0.1) is 0 Å². The molecule has 7 heteroatoms. The molecule has 3 aromatic carbocycles. The number of aryl methyl sites for hydroxylation is 1. The van der Waals surface area contributed by atoms with Crippen LogP contribution in [-0.2, 0) is 39.0 Å². The quantitative estimate of drug-likeness (QED) is 0.169. The van der Waals surface area contributed by atoms with Crippen LogP contribution in [0.2, 0.25) is 0 Å². The number of aromatic nitrogens is 2. The predicted molar refractivity (Wildman–Crippen MR) is 162 cm³/mol. The lowest BCUT2D eigenvalue weighted by molar-refractivity contribution is 0.102. The summed E-state index contributed by atoms with van der Waals surface area (Å²) < 4.78 is 2.31. The monoisotopic (exact) mass is 546 g/mol. The van der Waals surface area contributed by atoms with E-state index in [-0.39, 0.29) is 19.1 Å². The Bertz CT molecular complexity index is 1670. The van der Waals surface area contributed by atoms with Crippen LogP contribution in [0.15, 0.2) is 85.1 Å². The third-order valence-electron chi connectivity index (χ3n) is 7.99. The molecular formula is C34H34N4O3. The van der Waals surface area contributed by atoms with Gasteiger partial charge in [0.25, 0.3) is 5.91 Å². The zero-order valence-corrected chi connectivity index (χ0v) is 22.9. The highest BCUT2D eigenvalue weighted by atomic mass is 16.3. The van der Waals surface area contributed by atoms with Gasteiger partial charge in [0.05, 0.1) is 18.7 Å². The van der Waals surface area contributed by atoms with Crippen molar-refractivity contribution in [2.24, 2.45) is 0 Å². The highest BCUT2D eigenvalue weighted by Crippen LogP contribution is 2.31. The second-order valence-corrected chi connectivity index (χ2v) is 10.5. The number of aliphatic hydroxyl groups is 2. The molecule has 6 rings (SSSR count). The topological polar surface area (TPSA) is 99.4 Å². The standard InChI is InChI=1S/C34H34N4O3/c39-21-28-29(22-40)33-9-4-20-38(33)32(28)8-3-5-23-10-14-26(15-11-23)37-34(41)24-12-16-25(17-13-24)36-31-18-19-35-30-7-2-1-6-27(30)31/h1-2,6-7,10-19,39-40H,3-5,8-9,20-22H2,(H,35,36)(H,37,41). The average molecular weight is 547 g/mol. The van der Waals surface area contributed by atoms with Crippen LogP contribution in [0.4, 0.5) is 17.1 Å². The molecule has 1 aliphatic rings. The minimum atomic E-state index is -0.156. The van der Waals surface area contributed by atoms with Gasteiger partial charge in [0.1, 0.15) is 0 Å². The first-order valence-electron chi connectivity index (χ1n) is 14.2. The summed E-state index contributed by atoms with van der Waals surface area (Å²) in [4.78, 5) is 17.3. The second kappa shape index (κ2) is 12.0. The lowest BCUT2D eigenvalue weighted by Crippen LogP contribution is -2.11. The number of hydrogen-bond donors (Lipinski definition) is 4. The third-order valence-corrected chi connectivity index (χ3v) is 7.99. The van der Waals surface area contributed by atoms with Crippen LogP contribution in [0.3, 0.4) is 0 Å². The molecule has 0 aliphatic carbocycles. The zero-order chi connectivity index (χ0) is 28.2. The van der Waals surface area contributed by atoms with E-state index >= 15 is 0 Å². The first-order chi connectivity index (χ1) is 20.1. The van der Waals surface area contributed by atoms with Gasteiger partial charge in [0.2, 0.25) is 0 Å². The maximum Gasteiger partial charge on any atom is 0.255 e. The summed E-state index contributed by atoms with van der Waals surface area (Å²) in [7, 11) is 0. The molecule has 0 bridgehead atoms. The maximum atomic E-state index is 12.9. The highest BCUT2D eigenvalue weighted by molar-refractivity contribution is 6.04. The van der Waals surface area contributed by atoms with E-state index in [0.29, 0.717) is 5.56 Å². The van der Waals surface area contributed by atoms with Crippen LogP contribution in [0.1, 0.15) is 51.3 Å². The third kappa shape index (κ3) is 5.59. The van der Waals surface area contributed by atoms with Crippen molar-refractivity contribution in [2.75, 3.05) is 10.6 Å². The van der Waals surface area contributed by atoms with Crippen molar-refractivity contribution < 1.29 is 15.0 Å². The fourth-order valence-electron chi connectivity index (χ4n) is 5.94. The van der Waals surface area contributed by atoms with Gasteiger partial charge in [0, 0.05) is 63.3 Å². The molecule has 0 atom stereocenters. The number of anilines is 3. The normalized spacial score (nSPS) is 12.4. The minimum Gasteiger partial charge on any atom is -0.392 e. The minimum absolute atomic E-state index is 0.0114. The van der Waals surface area contributed by atoms with Crippen molar-refractivity contribution in [3.63, 3.8) is 0 Å². The van der Waals surface area contributed by atoms with Gasteiger partial charge >= 0.3 is 0 Å². The van der Waals surface area contributed by atoms with Crippen LogP contribution in [0, 0.1) is 0 Å². The Labute approximate surface area is 239 Å².